The summed E-state index contributed by atoms with van der Waals surface area (Å²) in [5, 5.41) is 2.77. The van der Waals surface area contributed by atoms with E-state index in [-0.39, 0.29) is 11.7 Å². The zero-order valence-corrected chi connectivity index (χ0v) is 15.4. The van der Waals surface area contributed by atoms with Crippen LogP contribution in [0.25, 0.3) is 22.8 Å². The first-order chi connectivity index (χ1) is 11.6. The summed E-state index contributed by atoms with van der Waals surface area (Å²) in [6, 6.07) is 14.2. The van der Waals surface area contributed by atoms with Gasteiger partial charge in [-0.25, -0.2) is 4.39 Å². The predicted molar refractivity (Wildman–Crippen MR) is 101 cm³/mol. The molecule has 0 radical (unpaired) electrons. The molecule has 0 atom stereocenters. The third-order valence-corrected chi connectivity index (χ3v) is 5.75. The van der Waals surface area contributed by atoms with Crippen LogP contribution in [0.1, 0.15) is 11.1 Å². The van der Waals surface area contributed by atoms with Gasteiger partial charge >= 0.3 is 0 Å². The average Bonchev–Trinajstić information content (AvgIpc) is 2.85. The number of benzene rings is 1. The van der Waals surface area contributed by atoms with E-state index >= 15 is 0 Å². The third kappa shape index (κ3) is 2.39. The molecule has 2 nitrogen and oxygen atoms in total. The van der Waals surface area contributed by atoms with Crippen LogP contribution >= 0.6 is 31.9 Å². The van der Waals surface area contributed by atoms with E-state index in [4.69, 9.17) is 0 Å². The molecule has 3 aliphatic rings. The van der Waals surface area contributed by atoms with Gasteiger partial charge in [-0.1, -0.05) is 30.3 Å². The number of rotatable bonds is 1. The summed E-state index contributed by atoms with van der Waals surface area (Å²) in [5.74, 6) is -0.598. The van der Waals surface area contributed by atoms with Crippen molar-refractivity contribution in [3.63, 3.8) is 0 Å². The topological polar surface area (TPSA) is 29.1 Å². The monoisotopic (exact) mass is 445 g/mol. The lowest BCUT2D eigenvalue weighted by Crippen LogP contribution is -2.03. The molecule has 118 valence electrons. The Labute approximate surface area is 155 Å². The molecule has 1 N–H and O–H groups in total. The first kappa shape index (κ1) is 15.5. The van der Waals surface area contributed by atoms with Crippen LogP contribution in [0.3, 0.4) is 0 Å². The van der Waals surface area contributed by atoms with Gasteiger partial charge in [0.1, 0.15) is 5.82 Å². The summed E-state index contributed by atoms with van der Waals surface area (Å²) in [6.07, 6.45) is 1.79. The first-order valence-corrected chi connectivity index (χ1v) is 8.83. The van der Waals surface area contributed by atoms with Crippen molar-refractivity contribution in [3.8, 4) is 11.1 Å². The lowest BCUT2D eigenvalue weighted by Gasteiger charge is -1.99. The van der Waals surface area contributed by atoms with Crippen molar-refractivity contribution in [2.75, 3.05) is 5.32 Å². The molecular formula is C19H10Br2FNO. The number of hydrogen-bond donors (Lipinski definition) is 1. The van der Waals surface area contributed by atoms with E-state index in [2.05, 4.69) is 37.2 Å². The van der Waals surface area contributed by atoms with E-state index in [9.17, 15) is 9.18 Å². The van der Waals surface area contributed by atoms with Gasteiger partial charge in [0.15, 0.2) is 0 Å². The fourth-order valence-electron chi connectivity index (χ4n) is 2.89. The Kier molecular flexibility index (Phi) is 3.77. The average molecular weight is 447 g/mol. The number of carbonyl (C=O) groups excluding carboxylic acids is 1. The Balaban J connectivity index is 1.95. The van der Waals surface area contributed by atoms with Crippen molar-refractivity contribution in [2.45, 2.75) is 0 Å². The van der Waals surface area contributed by atoms with Crippen LogP contribution in [0, 0.1) is 5.82 Å². The molecule has 0 saturated carbocycles. The van der Waals surface area contributed by atoms with Gasteiger partial charge in [0.2, 0.25) is 0 Å². The zero-order chi connectivity index (χ0) is 16.8. The van der Waals surface area contributed by atoms with E-state index in [1.54, 1.807) is 12.1 Å². The molecule has 0 unspecified atom stereocenters. The minimum atomic E-state index is -0.367. The van der Waals surface area contributed by atoms with Crippen LogP contribution in [-0.4, -0.2) is 5.91 Å². The van der Waals surface area contributed by atoms with Crippen LogP contribution in [0.15, 0.2) is 57.5 Å². The minimum absolute atomic E-state index is 0.231. The summed E-state index contributed by atoms with van der Waals surface area (Å²) in [6.45, 7) is 0. The molecule has 0 spiro atoms. The second kappa shape index (κ2) is 5.83. The van der Waals surface area contributed by atoms with Gasteiger partial charge in [0, 0.05) is 31.3 Å². The maximum atomic E-state index is 13.6. The van der Waals surface area contributed by atoms with Crippen molar-refractivity contribution in [1.82, 2.24) is 0 Å². The molecule has 1 aromatic rings. The van der Waals surface area contributed by atoms with Gasteiger partial charge in [0.05, 0.1) is 0 Å². The fraction of sp³-hybridized carbons (Fsp3) is 0. The second-order valence-electron chi connectivity index (χ2n) is 5.48. The maximum Gasteiger partial charge on any atom is 0.256 e. The number of anilines is 1. The molecule has 1 aromatic carbocycles. The van der Waals surface area contributed by atoms with Gasteiger partial charge in [0.25, 0.3) is 5.91 Å². The molecule has 1 aliphatic heterocycles. The van der Waals surface area contributed by atoms with Crippen molar-refractivity contribution < 1.29 is 9.18 Å². The standard InChI is InChI=1S/C19H10Br2FNO/c20-17-11-4-2-1-3-5-12(11)18(21)15(17)9-14-13-8-10(22)6-7-16(13)23-19(14)24/h1-9H,(H,23,24)/b14-9-. The Hall–Kier alpha value is -1.98. The SMILES string of the molecule is O=C1Nc2ccc(F)cc2/C1=C/c1c(Br)c2cccccc-2c1Br. The number of fused-ring (bicyclic) bond motifs is 2. The molecule has 24 heavy (non-hydrogen) atoms. The van der Waals surface area contributed by atoms with E-state index in [1.165, 1.54) is 12.1 Å². The van der Waals surface area contributed by atoms with E-state index in [0.717, 1.165) is 25.6 Å². The van der Waals surface area contributed by atoms with Crippen LogP contribution in [0.2, 0.25) is 0 Å². The van der Waals surface area contributed by atoms with Crippen LogP contribution in [0.5, 0.6) is 0 Å². The number of carbonyl (C=O) groups is 1. The van der Waals surface area contributed by atoms with Gasteiger partial charge in [-0.3, -0.25) is 4.79 Å². The molecular weight excluding hydrogens is 437 g/mol. The highest BCUT2D eigenvalue weighted by molar-refractivity contribution is 9.11. The number of amides is 1. The van der Waals surface area contributed by atoms with E-state index in [0.29, 0.717) is 16.8 Å². The highest BCUT2D eigenvalue weighted by Crippen LogP contribution is 2.45. The zero-order valence-electron chi connectivity index (χ0n) is 12.2. The summed E-state index contributed by atoms with van der Waals surface area (Å²) in [4.78, 5) is 12.3. The predicted octanol–water partition coefficient (Wildman–Crippen LogP) is 5.95. The minimum Gasteiger partial charge on any atom is -0.321 e. The molecule has 5 heteroatoms. The summed E-state index contributed by atoms with van der Waals surface area (Å²) in [5.41, 5.74) is 4.59. The normalized spacial score (nSPS) is 15.0. The number of halogens is 3. The Morgan fingerprint density at radius 3 is 2.25 bits per heavy atom. The van der Waals surface area contributed by atoms with E-state index in [1.807, 2.05) is 30.3 Å². The largest absolute Gasteiger partial charge is 0.321 e. The third-order valence-electron chi connectivity index (χ3n) is 4.04. The molecule has 1 heterocycles. The number of nitrogens with one attached hydrogen (secondary N) is 1. The molecule has 0 saturated heterocycles. The Bertz CT molecular complexity index is 960. The van der Waals surface area contributed by atoms with Crippen LogP contribution in [0.4, 0.5) is 10.1 Å². The molecule has 0 fully saturated rings. The van der Waals surface area contributed by atoms with Gasteiger partial charge in [-0.2, -0.15) is 0 Å². The first-order valence-electron chi connectivity index (χ1n) is 7.25. The second-order valence-corrected chi connectivity index (χ2v) is 7.07. The van der Waals surface area contributed by atoms with Gasteiger partial charge in [-0.05, 0) is 67.3 Å². The molecule has 4 rings (SSSR count). The van der Waals surface area contributed by atoms with Gasteiger partial charge in [-0.15, -0.1) is 0 Å². The quantitative estimate of drug-likeness (QED) is 0.460. The summed E-state index contributed by atoms with van der Waals surface area (Å²) in [7, 11) is 0. The number of hydrogen-bond acceptors (Lipinski definition) is 1. The van der Waals surface area contributed by atoms with Crippen molar-refractivity contribution in [2.24, 2.45) is 0 Å². The Morgan fingerprint density at radius 2 is 1.58 bits per heavy atom. The van der Waals surface area contributed by atoms with Crippen LogP contribution in [-0.2, 0) is 4.79 Å². The highest BCUT2D eigenvalue weighted by atomic mass is 79.9. The highest BCUT2D eigenvalue weighted by Gasteiger charge is 2.26. The molecule has 0 aromatic heterocycles. The summed E-state index contributed by atoms with van der Waals surface area (Å²) < 4.78 is 15.4. The molecule has 1 amide bonds. The smallest absolute Gasteiger partial charge is 0.256 e. The maximum absolute atomic E-state index is 13.6. The molecule has 0 bridgehead atoms. The van der Waals surface area contributed by atoms with Crippen molar-refractivity contribution in [1.29, 1.82) is 0 Å². The van der Waals surface area contributed by atoms with Crippen molar-refractivity contribution >= 4 is 55.1 Å². The van der Waals surface area contributed by atoms with Crippen molar-refractivity contribution in [3.05, 3.63) is 74.4 Å². The van der Waals surface area contributed by atoms with E-state index < -0.39 is 0 Å². The Morgan fingerprint density at radius 1 is 0.917 bits per heavy atom. The fourth-order valence-corrected chi connectivity index (χ4v) is 4.47. The van der Waals surface area contributed by atoms with Crippen LogP contribution < -0.4 is 5.32 Å². The molecule has 2 aliphatic carbocycles. The summed E-state index contributed by atoms with van der Waals surface area (Å²) >= 11 is 7.25. The van der Waals surface area contributed by atoms with Gasteiger partial charge < -0.3 is 5.32 Å². The lowest BCUT2D eigenvalue weighted by atomic mass is 10.0. The lowest BCUT2D eigenvalue weighted by molar-refractivity contribution is -0.110.